The first kappa shape index (κ1) is 20.2. The quantitative estimate of drug-likeness (QED) is 0.709. The first-order valence-electron chi connectivity index (χ1n) is 10.3. The molecule has 158 valence electrons. The van der Waals surface area contributed by atoms with E-state index in [2.05, 4.69) is 10.00 Å². The number of alkyl halides is 1. The number of rotatable bonds is 7. The second-order valence-corrected chi connectivity index (χ2v) is 8.28. The zero-order valence-corrected chi connectivity index (χ0v) is 16.9. The van der Waals surface area contributed by atoms with E-state index in [4.69, 9.17) is 4.74 Å². The molecule has 2 aliphatic heterocycles. The fourth-order valence-electron chi connectivity index (χ4n) is 4.64. The maximum atomic E-state index is 14.8. The average molecular weight is 406 g/mol. The summed E-state index contributed by atoms with van der Waals surface area (Å²) in [5.74, 6) is 0.338. The molecule has 1 aromatic carbocycles. The SMILES string of the molecule is Cc1nn(C[C@@H](F)CN2C3CCC2CC(OCc2ccc(F)cc2)C3)c(=O)n1C. The Morgan fingerprint density at radius 1 is 1.17 bits per heavy atom. The summed E-state index contributed by atoms with van der Waals surface area (Å²) in [7, 11) is 1.64. The summed E-state index contributed by atoms with van der Waals surface area (Å²) < 4.78 is 36.5. The number of hydrogen-bond donors (Lipinski definition) is 0. The van der Waals surface area contributed by atoms with Crippen LogP contribution in [-0.4, -0.2) is 50.2 Å². The Morgan fingerprint density at radius 2 is 1.83 bits per heavy atom. The molecular weight excluding hydrogens is 378 g/mol. The Labute approximate surface area is 169 Å². The Bertz CT molecular complexity index is 881. The van der Waals surface area contributed by atoms with Gasteiger partial charge in [0.15, 0.2) is 0 Å². The molecule has 2 bridgehead atoms. The zero-order valence-electron chi connectivity index (χ0n) is 16.9. The minimum Gasteiger partial charge on any atom is -0.373 e. The Morgan fingerprint density at radius 3 is 2.41 bits per heavy atom. The third-order valence-electron chi connectivity index (χ3n) is 6.28. The number of benzene rings is 1. The topological polar surface area (TPSA) is 52.3 Å². The molecule has 4 rings (SSSR count). The lowest BCUT2D eigenvalue weighted by Gasteiger charge is -2.39. The summed E-state index contributed by atoms with van der Waals surface area (Å²) in [6.45, 7) is 2.52. The van der Waals surface area contributed by atoms with Crippen molar-refractivity contribution in [3.05, 3.63) is 52.0 Å². The van der Waals surface area contributed by atoms with Crippen LogP contribution < -0.4 is 5.69 Å². The molecule has 3 atom stereocenters. The number of aryl methyl sites for hydroxylation is 1. The van der Waals surface area contributed by atoms with E-state index in [0.29, 0.717) is 31.1 Å². The predicted octanol–water partition coefficient (Wildman–Crippen LogP) is 2.58. The minimum absolute atomic E-state index is 0.0129. The molecule has 0 spiro atoms. The van der Waals surface area contributed by atoms with Gasteiger partial charge < -0.3 is 4.74 Å². The molecule has 0 aliphatic carbocycles. The number of halogens is 2. The number of hydrogen-bond acceptors (Lipinski definition) is 4. The molecular formula is C21H28F2N4O2. The van der Waals surface area contributed by atoms with Crippen molar-refractivity contribution in [2.24, 2.45) is 7.05 Å². The van der Waals surface area contributed by atoms with Gasteiger partial charge in [0.1, 0.15) is 17.8 Å². The highest BCUT2D eigenvalue weighted by Gasteiger charge is 2.41. The number of piperidine rings is 1. The first-order chi connectivity index (χ1) is 13.9. The van der Waals surface area contributed by atoms with Gasteiger partial charge in [-0.15, -0.1) is 0 Å². The van der Waals surface area contributed by atoms with Crippen LogP contribution in [-0.2, 0) is 24.9 Å². The summed E-state index contributed by atoms with van der Waals surface area (Å²) in [4.78, 5) is 14.3. The largest absolute Gasteiger partial charge is 0.373 e. The van der Waals surface area contributed by atoms with Crippen LogP contribution in [0.3, 0.4) is 0 Å². The van der Waals surface area contributed by atoms with Gasteiger partial charge >= 0.3 is 5.69 Å². The van der Waals surface area contributed by atoms with E-state index in [1.807, 2.05) is 0 Å². The minimum atomic E-state index is -1.14. The van der Waals surface area contributed by atoms with Crippen LogP contribution >= 0.6 is 0 Å². The van der Waals surface area contributed by atoms with Crippen molar-refractivity contribution in [3.63, 3.8) is 0 Å². The third-order valence-corrected chi connectivity index (χ3v) is 6.28. The van der Waals surface area contributed by atoms with E-state index in [1.165, 1.54) is 21.4 Å². The van der Waals surface area contributed by atoms with Crippen molar-refractivity contribution in [1.29, 1.82) is 0 Å². The summed E-state index contributed by atoms with van der Waals surface area (Å²) in [5.41, 5.74) is 0.683. The van der Waals surface area contributed by atoms with Crippen molar-refractivity contribution < 1.29 is 13.5 Å². The van der Waals surface area contributed by atoms with Crippen LogP contribution in [0.5, 0.6) is 0 Å². The highest BCUT2D eigenvalue weighted by molar-refractivity contribution is 5.15. The lowest BCUT2D eigenvalue weighted by Crippen LogP contribution is -2.48. The maximum absolute atomic E-state index is 14.8. The van der Waals surface area contributed by atoms with Crippen LogP contribution in [0, 0.1) is 12.7 Å². The monoisotopic (exact) mass is 406 g/mol. The van der Waals surface area contributed by atoms with Gasteiger partial charge in [-0.2, -0.15) is 5.10 Å². The van der Waals surface area contributed by atoms with Gasteiger partial charge in [-0.05, 0) is 50.3 Å². The van der Waals surface area contributed by atoms with Gasteiger partial charge in [0.2, 0.25) is 0 Å². The highest BCUT2D eigenvalue weighted by atomic mass is 19.1. The molecule has 0 saturated carbocycles. The number of fused-ring (bicyclic) bond motifs is 2. The average Bonchev–Trinajstić information content (AvgIpc) is 3.06. The van der Waals surface area contributed by atoms with Gasteiger partial charge in [-0.3, -0.25) is 9.47 Å². The second kappa shape index (κ2) is 8.36. The van der Waals surface area contributed by atoms with Crippen LogP contribution in [0.4, 0.5) is 8.78 Å². The smallest absolute Gasteiger partial charge is 0.345 e. The van der Waals surface area contributed by atoms with Crippen LogP contribution in [0.1, 0.15) is 37.1 Å². The van der Waals surface area contributed by atoms with Gasteiger partial charge in [0.05, 0.1) is 19.3 Å². The van der Waals surface area contributed by atoms with E-state index < -0.39 is 6.17 Å². The first-order valence-corrected chi connectivity index (χ1v) is 10.3. The van der Waals surface area contributed by atoms with Crippen molar-refractivity contribution in [2.45, 2.75) is 70.1 Å². The molecule has 2 aliphatic rings. The van der Waals surface area contributed by atoms with E-state index >= 15 is 0 Å². The van der Waals surface area contributed by atoms with Crippen molar-refractivity contribution in [1.82, 2.24) is 19.2 Å². The van der Waals surface area contributed by atoms with Crippen molar-refractivity contribution >= 4 is 0 Å². The molecule has 2 aromatic rings. The van der Waals surface area contributed by atoms with Gasteiger partial charge in [0, 0.05) is 25.7 Å². The molecule has 2 unspecified atom stereocenters. The standard InChI is InChI=1S/C21H28F2N4O2/c1-14-24-27(21(28)25(14)2)12-17(23)11-26-18-7-8-19(26)10-20(9-18)29-13-15-3-5-16(22)6-4-15/h3-6,17-20H,7-13H2,1-2H3/t17-,18?,19?,20?/m0/s1. The van der Waals surface area contributed by atoms with Crippen molar-refractivity contribution in [3.8, 4) is 0 Å². The zero-order chi connectivity index (χ0) is 20.5. The Kier molecular flexibility index (Phi) is 5.83. The lowest BCUT2D eigenvalue weighted by atomic mass is 9.99. The van der Waals surface area contributed by atoms with E-state index in [9.17, 15) is 13.6 Å². The van der Waals surface area contributed by atoms with Crippen LogP contribution in [0.15, 0.2) is 29.1 Å². The van der Waals surface area contributed by atoms with Crippen LogP contribution in [0.25, 0.3) is 0 Å². The summed E-state index contributed by atoms with van der Waals surface area (Å²) in [6, 6.07) is 7.00. The van der Waals surface area contributed by atoms with Crippen molar-refractivity contribution in [2.75, 3.05) is 6.54 Å². The molecule has 0 radical (unpaired) electrons. The molecule has 1 aromatic heterocycles. The van der Waals surface area contributed by atoms with Gasteiger partial charge in [-0.25, -0.2) is 18.3 Å². The van der Waals surface area contributed by atoms with Gasteiger partial charge in [0.25, 0.3) is 0 Å². The number of aromatic nitrogens is 3. The summed E-state index contributed by atoms with van der Waals surface area (Å²) in [5, 5.41) is 4.13. The molecule has 8 heteroatoms. The fraction of sp³-hybridized carbons (Fsp3) is 0.619. The maximum Gasteiger partial charge on any atom is 0.345 e. The molecule has 6 nitrogen and oxygen atoms in total. The molecule has 2 fully saturated rings. The number of ether oxygens (including phenoxy) is 1. The Balaban J connectivity index is 1.30. The van der Waals surface area contributed by atoms with Gasteiger partial charge in [-0.1, -0.05) is 12.1 Å². The normalized spacial score (nSPS) is 25.4. The molecule has 3 heterocycles. The lowest BCUT2D eigenvalue weighted by molar-refractivity contribution is -0.0342. The summed E-state index contributed by atoms with van der Waals surface area (Å²) in [6.07, 6.45) is 2.88. The summed E-state index contributed by atoms with van der Waals surface area (Å²) >= 11 is 0. The predicted molar refractivity (Wildman–Crippen MR) is 105 cm³/mol. The molecule has 29 heavy (non-hydrogen) atoms. The van der Waals surface area contributed by atoms with E-state index in [-0.39, 0.29) is 24.2 Å². The van der Waals surface area contributed by atoms with Crippen LogP contribution in [0.2, 0.25) is 0 Å². The fourth-order valence-corrected chi connectivity index (χ4v) is 4.64. The molecule has 0 amide bonds. The highest BCUT2D eigenvalue weighted by Crippen LogP contribution is 2.37. The number of nitrogens with zero attached hydrogens (tertiary/aromatic N) is 4. The molecule has 0 N–H and O–H groups in total. The second-order valence-electron chi connectivity index (χ2n) is 8.28. The molecule has 2 saturated heterocycles. The third kappa shape index (κ3) is 4.43. The van der Waals surface area contributed by atoms with E-state index in [1.54, 1.807) is 26.1 Å². The Hall–Kier alpha value is -2.06. The van der Waals surface area contributed by atoms with E-state index in [0.717, 1.165) is 31.2 Å².